The van der Waals surface area contributed by atoms with Crippen molar-refractivity contribution in [3.8, 4) is 0 Å². The van der Waals surface area contributed by atoms with Crippen LogP contribution >= 0.6 is 11.6 Å². The van der Waals surface area contributed by atoms with Crippen LogP contribution in [0.3, 0.4) is 0 Å². The summed E-state index contributed by atoms with van der Waals surface area (Å²) < 4.78 is 31.7. The Morgan fingerprint density at radius 2 is 1.39 bits per heavy atom. The van der Waals surface area contributed by atoms with Gasteiger partial charge in [-0.15, -0.1) is 0 Å². The van der Waals surface area contributed by atoms with Gasteiger partial charge in [-0.2, -0.15) is 13.2 Å². The third kappa shape index (κ3) is 10.1. The van der Waals surface area contributed by atoms with Crippen LogP contribution in [-0.4, -0.2) is 59.0 Å². The number of halogens is 4. The molecule has 1 aliphatic carbocycles. The van der Waals surface area contributed by atoms with Gasteiger partial charge in [0.05, 0.1) is 5.92 Å². The molecule has 3 amide bonds. The Balaban J connectivity index is 0.000000587. The third-order valence-corrected chi connectivity index (χ3v) is 7.27. The van der Waals surface area contributed by atoms with Gasteiger partial charge < -0.3 is 20.6 Å². The Morgan fingerprint density at radius 3 is 1.95 bits per heavy atom. The fourth-order valence-electron chi connectivity index (χ4n) is 4.80. The van der Waals surface area contributed by atoms with Gasteiger partial charge in [0, 0.05) is 41.0 Å². The molecule has 1 heterocycles. The lowest BCUT2D eigenvalue weighted by Crippen LogP contribution is -2.47. The minimum absolute atomic E-state index is 0.0810. The van der Waals surface area contributed by atoms with Crippen molar-refractivity contribution in [3.05, 3.63) is 64.7 Å². The first kappa shape index (κ1) is 31.9. The summed E-state index contributed by atoms with van der Waals surface area (Å²) in [5, 5.41) is 13.8. The normalized spacial score (nSPS) is 17.9. The minimum atomic E-state index is -5.08. The number of rotatable bonds is 5. The van der Waals surface area contributed by atoms with Crippen LogP contribution in [-0.2, 0) is 9.59 Å². The van der Waals surface area contributed by atoms with Crippen LogP contribution in [0.5, 0.6) is 0 Å². The van der Waals surface area contributed by atoms with E-state index in [9.17, 15) is 27.6 Å². The lowest BCUT2D eigenvalue weighted by Gasteiger charge is -2.33. The zero-order chi connectivity index (χ0) is 30.0. The Bertz CT molecular complexity index is 1200. The van der Waals surface area contributed by atoms with Gasteiger partial charge in [0.15, 0.2) is 0 Å². The molecular formula is C29H33ClF3N3O5. The number of piperidine rings is 1. The van der Waals surface area contributed by atoms with E-state index in [2.05, 4.69) is 10.6 Å². The number of aliphatic carboxylic acids is 1. The molecule has 1 unspecified atom stereocenters. The molecule has 2 aromatic rings. The highest BCUT2D eigenvalue weighted by atomic mass is 35.5. The molecule has 0 bridgehead atoms. The van der Waals surface area contributed by atoms with Gasteiger partial charge in [-0.25, -0.2) is 4.79 Å². The van der Waals surface area contributed by atoms with Crippen molar-refractivity contribution >= 4 is 41.0 Å². The number of likely N-dealkylation sites (tertiary alicyclic amines) is 1. The quantitative estimate of drug-likeness (QED) is 0.371. The number of anilines is 1. The van der Waals surface area contributed by atoms with Gasteiger partial charge in [0.25, 0.3) is 11.8 Å². The van der Waals surface area contributed by atoms with E-state index < -0.39 is 12.1 Å². The third-order valence-electron chi connectivity index (χ3n) is 7.02. The maximum absolute atomic E-state index is 13.1. The molecule has 1 saturated carbocycles. The topological polar surface area (TPSA) is 116 Å². The van der Waals surface area contributed by atoms with Crippen molar-refractivity contribution in [3.63, 3.8) is 0 Å². The smallest absolute Gasteiger partial charge is 0.475 e. The van der Waals surface area contributed by atoms with Crippen molar-refractivity contribution < 1.29 is 37.5 Å². The predicted octanol–water partition coefficient (Wildman–Crippen LogP) is 5.92. The Kier molecular flexibility index (Phi) is 11.6. The van der Waals surface area contributed by atoms with Gasteiger partial charge in [-0.05, 0) is 74.2 Å². The summed E-state index contributed by atoms with van der Waals surface area (Å²) in [4.78, 5) is 49.0. The first-order valence-electron chi connectivity index (χ1n) is 13.5. The van der Waals surface area contributed by atoms with Crippen molar-refractivity contribution in [1.82, 2.24) is 10.2 Å². The molecule has 0 aromatic heterocycles. The number of nitrogens with zero attached hydrogens (tertiary/aromatic N) is 1. The van der Waals surface area contributed by atoms with Crippen LogP contribution in [0.25, 0.3) is 0 Å². The average Bonchev–Trinajstić information content (AvgIpc) is 3.22. The van der Waals surface area contributed by atoms with Gasteiger partial charge in [0.1, 0.15) is 0 Å². The highest BCUT2D eigenvalue weighted by molar-refractivity contribution is 6.30. The van der Waals surface area contributed by atoms with Crippen LogP contribution in [0.15, 0.2) is 48.5 Å². The zero-order valence-electron chi connectivity index (χ0n) is 22.4. The van der Waals surface area contributed by atoms with E-state index in [-0.39, 0.29) is 29.7 Å². The molecule has 12 heteroatoms. The second-order valence-electron chi connectivity index (χ2n) is 10.1. The number of carboxylic acid groups (broad SMARTS) is 1. The number of hydrogen-bond acceptors (Lipinski definition) is 4. The van der Waals surface area contributed by atoms with Crippen LogP contribution < -0.4 is 10.6 Å². The molecule has 8 nitrogen and oxygen atoms in total. The summed E-state index contributed by atoms with van der Waals surface area (Å²) in [5.41, 5.74) is 1.66. The van der Waals surface area contributed by atoms with Gasteiger partial charge in [-0.3, -0.25) is 14.4 Å². The van der Waals surface area contributed by atoms with Crippen LogP contribution in [0.2, 0.25) is 5.02 Å². The van der Waals surface area contributed by atoms with Gasteiger partial charge in [-0.1, -0.05) is 37.3 Å². The number of carboxylic acids is 1. The summed E-state index contributed by atoms with van der Waals surface area (Å²) in [6.07, 6.45) is 3.53. The summed E-state index contributed by atoms with van der Waals surface area (Å²) in [6, 6.07) is 13.8. The SMILES string of the molecule is O=C(Nc1ccc(C(=O)N2CCCC(C(=O)NC3CCCCCC3)C2)cc1)c1ccc(Cl)cc1.O=C(O)C(F)(F)F. The van der Waals surface area contributed by atoms with Crippen LogP contribution in [0.4, 0.5) is 18.9 Å². The van der Waals surface area contributed by atoms with E-state index in [0.29, 0.717) is 34.9 Å². The molecule has 2 fully saturated rings. The molecule has 222 valence electrons. The van der Waals surface area contributed by atoms with Gasteiger partial charge >= 0.3 is 12.1 Å². The highest BCUT2D eigenvalue weighted by Crippen LogP contribution is 2.22. The molecule has 0 radical (unpaired) electrons. The Hall–Kier alpha value is -3.60. The number of carbonyl (C=O) groups is 4. The molecule has 1 saturated heterocycles. The molecule has 1 aliphatic heterocycles. The lowest BCUT2D eigenvalue weighted by molar-refractivity contribution is -0.192. The number of hydrogen-bond donors (Lipinski definition) is 3. The second-order valence-corrected chi connectivity index (χ2v) is 10.6. The lowest BCUT2D eigenvalue weighted by atomic mass is 9.95. The number of alkyl halides is 3. The fraction of sp³-hybridized carbons (Fsp3) is 0.448. The van der Waals surface area contributed by atoms with E-state index >= 15 is 0 Å². The summed E-state index contributed by atoms with van der Waals surface area (Å²) >= 11 is 5.87. The number of benzene rings is 2. The van der Waals surface area contributed by atoms with E-state index in [1.165, 1.54) is 25.7 Å². The fourth-order valence-corrected chi connectivity index (χ4v) is 4.93. The maximum atomic E-state index is 13.1. The Morgan fingerprint density at radius 1 is 0.829 bits per heavy atom. The Labute approximate surface area is 241 Å². The first-order chi connectivity index (χ1) is 19.4. The van der Waals surface area contributed by atoms with Crippen LogP contribution in [0, 0.1) is 5.92 Å². The maximum Gasteiger partial charge on any atom is 0.490 e. The number of amides is 3. The number of carbonyl (C=O) groups excluding carboxylic acids is 3. The second kappa shape index (κ2) is 14.9. The monoisotopic (exact) mass is 595 g/mol. The molecule has 1 atom stereocenters. The molecular weight excluding hydrogens is 563 g/mol. The van der Waals surface area contributed by atoms with E-state index in [0.717, 1.165) is 25.7 Å². The van der Waals surface area contributed by atoms with Crippen LogP contribution in [0.1, 0.15) is 72.1 Å². The summed E-state index contributed by atoms with van der Waals surface area (Å²) in [5.74, 6) is -3.15. The molecule has 4 rings (SSSR count). The highest BCUT2D eigenvalue weighted by Gasteiger charge is 2.38. The molecule has 3 N–H and O–H groups in total. The van der Waals surface area contributed by atoms with E-state index in [4.69, 9.17) is 21.5 Å². The van der Waals surface area contributed by atoms with Crippen molar-refractivity contribution in [2.45, 2.75) is 63.6 Å². The molecule has 2 aliphatic rings. The number of nitrogens with one attached hydrogen (secondary N) is 2. The largest absolute Gasteiger partial charge is 0.490 e. The predicted molar refractivity (Wildman–Crippen MR) is 148 cm³/mol. The molecule has 41 heavy (non-hydrogen) atoms. The summed E-state index contributed by atoms with van der Waals surface area (Å²) in [7, 11) is 0. The van der Waals surface area contributed by atoms with Gasteiger partial charge in [0.2, 0.25) is 5.91 Å². The van der Waals surface area contributed by atoms with Crippen molar-refractivity contribution in [2.24, 2.45) is 5.92 Å². The first-order valence-corrected chi connectivity index (χ1v) is 13.9. The standard InChI is InChI=1S/C27H32ClN3O3.C2HF3O2/c28-22-13-9-19(10-14-22)25(32)30-24-15-11-20(12-16-24)27(34)31-17-5-6-21(18-31)26(33)29-23-7-3-1-2-4-8-23;3-2(4,5)1(6)7/h9-16,21,23H,1-8,17-18H2,(H,29,33)(H,30,32);(H,6,7). The molecule has 2 aromatic carbocycles. The molecule has 0 spiro atoms. The van der Waals surface area contributed by atoms with Crippen molar-refractivity contribution in [1.29, 1.82) is 0 Å². The van der Waals surface area contributed by atoms with E-state index in [1.54, 1.807) is 53.4 Å². The zero-order valence-corrected chi connectivity index (χ0v) is 23.1. The summed E-state index contributed by atoms with van der Waals surface area (Å²) in [6.45, 7) is 1.10. The van der Waals surface area contributed by atoms with E-state index in [1.807, 2.05) is 0 Å². The average molecular weight is 596 g/mol. The minimum Gasteiger partial charge on any atom is -0.475 e. The van der Waals surface area contributed by atoms with Crippen molar-refractivity contribution in [2.75, 3.05) is 18.4 Å².